The van der Waals surface area contributed by atoms with Gasteiger partial charge in [0.25, 0.3) is 0 Å². The van der Waals surface area contributed by atoms with Crippen LogP contribution in [0.3, 0.4) is 0 Å². The van der Waals surface area contributed by atoms with Gasteiger partial charge in [-0.15, -0.1) is 10.2 Å². The van der Waals surface area contributed by atoms with Gasteiger partial charge in [0, 0.05) is 39.0 Å². The van der Waals surface area contributed by atoms with E-state index in [2.05, 4.69) is 25.2 Å². The maximum Gasteiger partial charge on any atom is 0.230 e. The van der Waals surface area contributed by atoms with Gasteiger partial charge in [0.1, 0.15) is 5.82 Å². The molecule has 4 rings (SSSR count). The van der Waals surface area contributed by atoms with Gasteiger partial charge in [0.05, 0.1) is 24.5 Å². The zero-order chi connectivity index (χ0) is 17.4. The van der Waals surface area contributed by atoms with Crippen molar-refractivity contribution in [1.29, 1.82) is 0 Å². The van der Waals surface area contributed by atoms with E-state index in [1.807, 2.05) is 30.9 Å². The van der Waals surface area contributed by atoms with Crippen molar-refractivity contribution in [1.82, 2.24) is 34.4 Å². The molecule has 0 fully saturated rings. The van der Waals surface area contributed by atoms with Crippen molar-refractivity contribution in [2.75, 3.05) is 6.54 Å². The highest BCUT2D eigenvalue weighted by molar-refractivity contribution is 5.19. The lowest BCUT2D eigenvalue weighted by molar-refractivity contribution is 0.183. The summed E-state index contributed by atoms with van der Waals surface area (Å²) in [5.41, 5.74) is 1.68. The van der Waals surface area contributed by atoms with E-state index in [4.69, 9.17) is 4.42 Å². The van der Waals surface area contributed by atoms with Gasteiger partial charge >= 0.3 is 0 Å². The second kappa shape index (κ2) is 6.41. The second-order valence-electron chi connectivity index (χ2n) is 6.24. The Hall–Kier alpha value is -2.52. The van der Waals surface area contributed by atoms with E-state index in [9.17, 15) is 5.11 Å². The van der Waals surface area contributed by atoms with Crippen LogP contribution >= 0.6 is 0 Å². The molecule has 132 valence electrons. The lowest BCUT2D eigenvalue weighted by Crippen LogP contribution is -2.33. The third-order valence-electron chi connectivity index (χ3n) is 4.45. The number of rotatable bonds is 5. The lowest BCUT2D eigenvalue weighted by atomic mass is 10.2. The van der Waals surface area contributed by atoms with Gasteiger partial charge < -0.3 is 14.1 Å². The number of hydrogen-bond donors (Lipinski definition) is 1. The van der Waals surface area contributed by atoms with Gasteiger partial charge in [-0.05, 0) is 6.07 Å². The zero-order valence-electron chi connectivity index (χ0n) is 14.3. The van der Waals surface area contributed by atoms with Crippen molar-refractivity contribution in [3.63, 3.8) is 0 Å². The number of fused-ring (bicyclic) bond motifs is 1. The summed E-state index contributed by atoms with van der Waals surface area (Å²) in [5.74, 6) is 1.89. The minimum Gasteiger partial charge on any atom is -0.424 e. The molecule has 1 unspecified atom stereocenters. The van der Waals surface area contributed by atoms with Crippen LogP contribution in [0.1, 0.15) is 42.0 Å². The molecule has 0 spiro atoms. The largest absolute Gasteiger partial charge is 0.424 e. The number of aliphatic hydroxyl groups is 1. The molecule has 4 heterocycles. The van der Waals surface area contributed by atoms with Crippen LogP contribution in [0, 0.1) is 0 Å². The van der Waals surface area contributed by atoms with Crippen molar-refractivity contribution < 1.29 is 9.52 Å². The van der Waals surface area contributed by atoms with Crippen LogP contribution in [0.15, 0.2) is 22.9 Å². The molecule has 0 aliphatic carbocycles. The smallest absolute Gasteiger partial charge is 0.230 e. The number of aromatic nitrogens is 6. The van der Waals surface area contributed by atoms with E-state index in [1.54, 1.807) is 10.8 Å². The fraction of sp³-hybridized carbons (Fsp3) is 0.500. The molecule has 0 amide bonds. The molecule has 3 aromatic heterocycles. The Morgan fingerprint density at radius 3 is 2.84 bits per heavy atom. The molecule has 1 N–H and O–H groups in total. The average Bonchev–Trinajstić information content (AvgIpc) is 3.33. The van der Waals surface area contributed by atoms with Crippen LogP contribution in [0.25, 0.3) is 0 Å². The van der Waals surface area contributed by atoms with E-state index in [1.165, 1.54) is 0 Å². The maximum atomic E-state index is 10.5. The Kier molecular flexibility index (Phi) is 4.10. The lowest BCUT2D eigenvalue weighted by Gasteiger charge is -2.25. The Balaban J connectivity index is 1.48. The monoisotopic (exact) mass is 343 g/mol. The third kappa shape index (κ3) is 3.08. The number of imidazole rings is 1. The van der Waals surface area contributed by atoms with E-state index in [0.29, 0.717) is 29.8 Å². The van der Waals surface area contributed by atoms with Gasteiger partial charge in [-0.2, -0.15) is 5.10 Å². The summed E-state index contributed by atoms with van der Waals surface area (Å²) in [7, 11) is 1.86. The number of hydrogen-bond acceptors (Lipinski definition) is 7. The number of aryl methyl sites for hydroxylation is 2. The van der Waals surface area contributed by atoms with Crippen LogP contribution in [0.5, 0.6) is 0 Å². The molecule has 9 nitrogen and oxygen atoms in total. The zero-order valence-corrected chi connectivity index (χ0v) is 14.3. The highest BCUT2D eigenvalue weighted by atomic mass is 16.4. The summed E-state index contributed by atoms with van der Waals surface area (Å²) < 4.78 is 9.34. The minimum absolute atomic E-state index is 0.588. The molecule has 0 saturated heterocycles. The molecule has 0 radical (unpaired) electrons. The fourth-order valence-electron chi connectivity index (χ4n) is 3.07. The molecule has 1 atom stereocenters. The van der Waals surface area contributed by atoms with Crippen molar-refractivity contribution >= 4 is 0 Å². The van der Waals surface area contributed by atoms with Gasteiger partial charge in [-0.25, -0.2) is 4.98 Å². The van der Waals surface area contributed by atoms with E-state index in [0.717, 1.165) is 31.7 Å². The summed E-state index contributed by atoms with van der Waals surface area (Å²) in [6.07, 6.45) is 3.40. The number of aliphatic hydroxyl groups excluding tert-OH is 1. The predicted molar refractivity (Wildman–Crippen MR) is 87.3 cm³/mol. The molecule has 9 heteroatoms. The first kappa shape index (κ1) is 16.0. The van der Waals surface area contributed by atoms with Crippen LogP contribution in [-0.2, 0) is 33.1 Å². The topological polar surface area (TPSA) is 98.0 Å². The molecule has 0 saturated carbocycles. The molecule has 0 aromatic carbocycles. The summed E-state index contributed by atoms with van der Waals surface area (Å²) in [5, 5.41) is 23.2. The summed E-state index contributed by atoms with van der Waals surface area (Å²) in [4.78, 5) is 6.44. The van der Waals surface area contributed by atoms with Crippen LogP contribution in [-0.4, -0.2) is 46.1 Å². The highest BCUT2D eigenvalue weighted by Gasteiger charge is 2.24. The minimum atomic E-state index is -0.824. The second-order valence-corrected chi connectivity index (χ2v) is 6.24. The molecular formula is C16H21N7O2. The van der Waals surface area contributed by atoms with Crippen molar-refractivity contribution in [3.05, 3.63) is 47.5 Å². The Morgan fingerprint density at radius 2 is 2.12 bits per heavy atom. The van der Waals surface area contributed by atoms with E-state index < -0.39 is 6.10 Å². The molecule has 1 aliphatic heterocycles. The normalized spacial score (nSPS) is 16.1. The molecule has 25 heavy (non-hydrogen) atoms. The van der Waals surface area contributed by atoms with E-state index >= 15 is 0 Å². The van der Waals surface area contributed by atoms with Crippen molar-refractivity contribution in [2.45, 2.75) is 39.1 Å². The van der Waals surface area contributed by atoms with Crippen LogP contribution < -0.4 is 0 Å². The molecule has 0 bridgehead atoms. The quantitative estimate of drug-likeness (QED) is 0.726. The molecular weight excluding hydrogens is 322 g/mol. The maximum absolute atomic E-state index is 10.5. The third-order valence-corrected chi connectivity index (χ3v) is 4.45. The van der Waals surface area contributed by atoms with Crippen molar-refractivity contribution in [2.24, 2.45) is 7.05 Å². The molecule has 3 aromatic rings. The Bertz CT molecular complexity index is 866. The van der Waals surface area contributed by atoms with Gasteiger partial charge in [0.15, 0.2) is 6.10 Å². The van der Waals surface area contributed by atoms with Crippen molar-refractivity contribution in [3.8, 4) is 0 Å². The first-order valence-electron chi connectivity index (χ1n) is 8.39. The standard InChI is InChI=1S/C16H21N7O2/c1-3-13-18-19-14(25-13)10-22-6-7-23-11(9-22)8-12(20-23)15(24)16-17-4-5-21(16)2/h4-5,8,15,24H,3,6-7,9-10H2,1-2H3. The summed E-state index contributed by atoms with van der Waals surface area (Å²) >= 11 is 0. The highest BCUT2D eigenvalue weighted by Crippen LogP contribution is 2.23. The predicted octanol–water partition coefficient (Wildman–Crippen LogP) is 0.659. The summed E-state index contributed by atoms with van der Waals surface area (Å²) in [6, 6.07) is 1.94. The molecule has 1 aliphatic rings. The average molecular weight is 343 g/mol. The first-order chi connectivity index (χ1) is 12.1. The van der Waals surface area contributed by atoms with Crippen LogP contribution in [0.2, 0.25) is 0 Å². The summed E-state index contributed by atoms with van der Waals surface area (Å²) in [6.45, 7) is 4.94. The Labute approximate surface area is 144 Å². The van der Waals surface area contributed by atoms with E-state index in [-0.39, 0.29) is 0 Å². The van der Waals surface area contributed by atoms with Gasteiger partial charge in [-0.3, -0.25) is 9.58 Å². The SMILES string of the molecule is CCc1nnc(CN2CCn3nc(C(O)c4nccn4C)cc3C2)o1. The van der Waals surface area contributed by atoms with Gasteiger partial charge in [-0.1, -0.05) is 6.92 Å². The fourth-order valence-corrected chi connectivity index (χ4v) is 3.07. The first-order valence-corrected chi connectivity index (χ1v) is 8.39. The number of nitrogens with zero attached hydrogens (tertiary/aromatic N) is 7. The Morgan fingerprint density at radius 1 is 1.28 bits per heavy atom. The van der Waals surface area contributed by atoms with Crippen LogP contribution in [0.4, 0.5) is 0 Å². The van der Waals surface area contributed by atoms with Gasteiger partial charge in [0.2, 0.25) is 11.8 Å².